The highest BCUT2D eigenvalue weighted by atomic mass is 32.1. The number of rotatable bonds is 0. The molecule has 0 atom stereocenters. The third-order valence-corrected chi connectivity index (χ3v) is 4.58. The minimum absolute atomic E-state index is 0.00146. The molecule has 5 rings (SSSR count). The highest BCUT2D eigenvalue weighted by molar-refractivity contribution is 7.00. The molecule has 1 aromatic carbocycles. The summed E-state index contributed by atoms with van der Waals surface area (Å²) in [6.07, 6.45) is 0. The molecule has 0 radical (unpaired) electrons. The van der Waals surface area contributed by atoms with Gasteiger partial charge < -0.3 is 9.52 Å². The van der Waals surface area contributed by atoms with Crippen molar-refractivity contribution in [1.82, 2.24) is 17.5 Å². The van der Waals surface area contributed by atoms with Crippen molar-refractivity contribution in [2.75, 3.05) is 0 Å². The largest absolute Gasteiger partial charge is 0.506 e. The van der Waals surface area contributed by atoms with Crippen molar-refractivity contribution in [3.63, 3.8) is 0 Å². The lowest BCUT2D eigenvalue weighted by Gasteiger charge is -2.05. The van der Waals surface area contributed by atoms with Crippen LogP contribution in [0.15, 0.2) is 10.5 Å². The van der Waals surface area contributed by atoms with Gasteiger partial charge in [0, 0.05) is 5.39 Å². The number of phenols is 1. The fourth-order valence-corrected chi connectivity index (χ4v) is 3.66. The Balaban J connectivity index is 1.98. The first-order valence-electron chi connectivity index (χ1n) is 5.99. The first-order chi connectivity index (χ1) is 10.7. The molecule has 4 aromatic rings. The fraction of sp³-hybridized carbons (Fsp3) is 0. The number of benzene rings is 1. The zero-order valence-corrected chi connectivity index (χ0v) is 12.0. The second-order valence-corrected chi connectivity index (χ2v) is 5.72. The molecule has 1 N–H and O–H groups in total. The van der Waals surface area contributed by atoms with Crippen LogP contribution in [0.5, 0.6) is 5.75 Å². The molecule has 106 valence electrons. The van der Waals surface area contributed by atoms with Crippen molar-refractivity contribution in [2.24, 2.45) is 0 Å². The number of phenolic OH excluding ortho intramolecular Hbond substituents is 1. The number of fused-ring (bicyclic) bond motifs is 6. The van der Waals surface area contributed by atoms with Gasteiger partial charge in [0.15, 0.2) is 28.2 Å². The monoisotopic (exact) mass is 330 g/mol. The van der Waals surface area contributed by atoms with Crippen LogP contribution in [0.4, 0.5) is 0 Å². The van der Waals surface area contributed by atoms with E-state index in [-0.39, 0.29) is 39.6 Å². The van der Waals surface area contributed by atoms with E-state index < -0.39 is 11.6 Å². The van der Waals surface area contributed by atoms with Crippen LogP contribution < -0.4 is 0 Å². The number of hydrogen-bond acceptors (Lipinski definition) is 10. The van der Waals surface area contributed by atoms with Crippen LogP contribution >= 0.6 is 23.5 Å². The average molecular weight is 330 g/mol. The number of aromatic nitrogens is 4. The second kappa shape index (κ2) is 3.72. The van der Waals surface area contributed by atoms with Gasteiger partial charge in [0.05, 0.1) is 29.0 Å². The van der Waals surface area contributed by atoms with E-state index in [4.69, 9.17) is 4.42 Å². The molecule has 22 heavy (non-hydrogen) atoms. The van der Waals surface area contributed by atoms with E-state index >= 15 is 0 Å². The van der Waals surface area contributed by atoms with E-state index in [9.17, 15) is 14.7 Å². The third kappa shape index (κ3) is 1.22. The summed E-state index contributed by atoms with van der Waals surface area (Å²) < 4.78 is 21.3. The smallest absolute Gasteiger partial charge is 0.250 e. The number of carbonyl (C=O) groups excluding carboxylic acids is 2. The first-order valence-corrected chi connectivity index (χ1v) is 7.45. The molecule has 3 heterocycles. The van der Waals surface area contributed by atoms with Crippen LogP contribution in [0.3, 0.4) is 0 Å². The van der Waals surface area contributed by atoms with Gasteiger partial charge in [0.25, 0.3) is 5.78 Å². The molecular formula is C12H2N4O4S2. The Labute approximate surface area is 128 Å². The predicted octanol–water partition coefficient (Wildman–Crippen LogP) is 1.77. The van der Waals surface area contributed by atoms with Crippen LogP contribution in [0.25, 0.3) is 22.0 Å². The molecule has 1 aliphatic carbocycles. The Morgan fingerprint density at radius 2 is 1.64 bits per heavy atom. The lowest BCUT2D eigenvalue weighted by molar-refractivity contribution is 0.0957. The van der Waals surface area contributed by atoms with Crippen LogP contribution in [0.2, 0.25) is 0 Å². The van der Waals surface area contributed by atoms with E-state index in [1.54, 1.807) is 0 Å². The fourth-order valence-electron chi connectivity index (χ4n) is 2.57. The average Bonchev–Trinajstić information content (AvgIpc) is 3.21. The Hall–Kier alpha value is -2.72. The number of nitrogens with zero attached hydrogens (tertiary/aromatic N) is 4. The van der Waals surface area contributed by atoms with E-state index in [0.717, 1.165) is 23.5 Å². The molecule has 8 nitrogen and oxygen atoms in total. The maximum atomic E-state index is 12.6. The summed E-state index contributed by atoms with van der Waals surface area (Å²) in [5, 5.41) is 10.3. The molecule has 3 aromatic heterocycles. The number of furan rings is 1. The Bertz CT molecular complexity index is 1140. The summed E-state index contributed by atoms with van der Waals surface area (Å²) in [6, 6.07) is 1.36. The Morgan fingerprint density at radius 1 is 0.955 bits per heavy atom. The van der Waals surface area contributed by atoms with Gasteiger partial charge in [-0.05, 0) is 6.07 Å². The summed E-state index contributed by atoms with van der Waals surface area (Å²) in [5.74, 6) is -1.16. The van der Waals surface area contributed by atoms with Gasteiger partial charge in [0.1, 0.15) is 11.3 Å². The Morgan fingerprint density at radius 3 is 2.45 bits per heavy atom. The molecule has 10 heteroatoms. The molecule has 1 aliphatic rings. The Kier molecular flexibility index (Phi) is 2.01. The van der Waals surface area contributed by atoms with Crippen molar-refractivity contribution in [2.45, 2.75) is 0 Å². The van der Waals surface area contributed by atoms with Crippen molar-refractivity contribution < 1.29 is 19.1 Å². The zero-order valence-electron chi connectivity index (χ0n) is 10.4. The van der Waals surface area contributed by atoms with Gasteiger partial charge >= 0.3 is 0 Å². The molecule has 0 fully saturated rings. The van der Waals surface area contributed by atoms with Crippen LogP contribution in [0, 0.1) is 0 Å². The summed E-state index contributed by atoms with van der Waals surface area (Å²) >= 11 is 1.70. The minimum Gasteiger partial charge on any atom is -0.506 e. The van der Waals surface area contributed by atoms with Crippen molar-refractivity contribution in [3.05, 3.63) is 28.8 Å². The molecule has 0 amide bonds. The second-order valence-electron chi connectivity index (χ2n) is 4.66. The number of carbonyl (C=O) groups is 2. The van der Waals surface area contributed by atoms with Crippen LogP contribution in [-0.4, -0.2) is 34.2 Å². The first kappa shape index (κ1) is 11.9. The predicted molar refractivity (Wildman–Crippen MR) is 75.6 cm³/mol. The van der Waals surface area contributed by atoms with Crippen LogP contribution in [0.1, 0.15) is 32.3 Å². The molecule has 0 aliphatic heterocycles. The lowest BCUT2D eigenvalue weighted by atomic mass is 9.94. The van der Waals surface area contributed by atoms with Crippen LogP contribution in [-0.2, 0) is 0 Å². The van der Waals surface area contributed by atoms with Crippen molar-refractivity contribution in [1.29, 1.82) is 0 Å². The maximum Gasteiger partial charge on any atom is 0.250 e. The molecule has 0 unspecified atom stereocenters. The topological polar surface area (TPSA) is 119 Å². The molecule has 0 saturated carbocycles. The zero-order chi connectivity index (χ0) is 15.0. The highest BCUT2D eigenvalue weighted by Crippen LogP contribution is 2.39. The molecule has 0 spiro atoms. The molecule has 0 bridgehead atoms. The number of aromatic hydroxyl groups is 1. The summed E-state index contributed by atoms with van der Waals surface area (Å²) in [5.41, 5.74) is 0.944. The van der Waals surface area contributed by atoms with E-state index in [1.165, 1.54) is 6.07 Å². The number of hydrogen-bond donors (Lipinski definition) is 1. The summed E-state index contributed by atoms with van der Waals surface area (Å²) in [6.45, 7) is 0. The van der Waals surface area contributed by atoms with E-state index in [0.29, 0.717) is 10.9 Å². The van der Waals surface area contributed by atoms with Crippen molar-refractivity contribution in [3.8, 4) is 5.75 Å². The highest BCUT2D eigenvalue weighted by Gasteiger charge is 2.39. The van der Waals surface area contributed by atoms with Gasteiger partial charge in [-0.3, -0.25) is 9.59 Å². The van der Waals surface area contributed by atoms with Gasteiger partial charge in [-0.25, -0.2) is 0 Å². The lowest BCUT2D eigenvalue weighted by Crippen LogP contribution is -2.19. The van der Waals surface area contributed by atoms with Gasteiger partial charge in [0.2, 0.25) is 5.78 Å². The van der Waals surface area contributed by atoms with Gasteiger partial charge in [-0.15, -0.1) is 0 Å². The third-order valence-electron chi connectivity index (χ3n) is 3.52. The molecular weight excluding hydrogens is 328 g/mol. The molecule has 0 saturated heterocycles. The SMILES string of the molecule is O=C1c2nsnc2C(=O)c2c1oc1c2cc(O)c2nsnc21. The maximum absolute atomic E-state index is 12.6. The quantitative estimate of drug-likeness (QED) is 0.456. The number of ketones is 2. The van der Waals surface area contributed by atoms with Gasteiger partial charge in [-0.2, -0.15) is 17.5 Å². The van der Waals surface area contributed by atoms with E-state index in [2.05, 4.69) is 17.5 Å². The normalized spacial score (nSPS) is 13.8. The summed E-state index contributed by atoms with van der Waals surface area (Å²) in [7, 11) is 0. The standard InChI is InChI=1S/C12H2N4O4S2/c17-3-1-2-4-9(18)6-7(15-22-14-6)10(19)12(4)20-11(2)8-5(3)13-21-16-8/h1,17H. The summed E-state index contributed by atoms with van der Waals surface area (Å²) in [4.78, 5) is 25.0. The van der Waals surface area contributed by atoms with Crippen molar-refractivity contribution >= 4 is 57.0 Å². The van der Waals surface area contributed by atoms with Gasteiger partial charge in [-0.1, -0.05) is 0 Å². The minimum atomic E-state index is -0.495. The van der Waals surface area contributed by atoms with E-state index in [1.807, 2.05) is 0 Å².